The highest BCUT2D eigenvalue weighted by Gasteiger charge is 2.21. The smallest absolute Gasteiger partial charge is 0.103 e. The van der Waals surface area contributed by atoms with E-state index in [1.54, 1.807) is 0 Å². The number of aliphatic hydroxyl groups excluding tert-OH is 1. The van der Waals surface area contributed by atoms with Gasteiger partial charge in [-0.15, -0.1) is 0 Å². The second-order valence-corrected chi connectivity index (χ2v) is 5.82. The van der Waals surface area contributed by atoms with Gasteiger partial charge in [-0.1, -0.05) is 13.8 Å². The summed E-state index contributed by atoms with van der Waals surface area (Å²) < 4.78 is 0. The number of nitrogens with zero attached hydrogens (tertiary/aromatic N) is 1. The van der Waals surface area contributed by atoms with Crippen LogP contribution in [0, 0.1) is 11.3 Å². The molecule has 0 spiro atoms. The molecule has 0 aliphatic rings. The van der Waals surface area contributed by atoms with E-state index in [0.717, 1.165) is 31.6 Å². The lowest BCUT2D eigenvalue weighted by molar-refractivity contribution is 0.289. The van der Waals surface area contributed by atoms with Gasteiger partial charge in [0.15, 0.2) is 0 Å². The van der Waals surface area contributed by atoms with Crippen LogP contribution in [0.25, 0.3) is 0 Å². The van der Waals surface area contributed by atoms with Crippen LogP contribution in [0.4, 0.5) is 0 Å². The van der Waals surface area contributed by atoms with Crippen LogP contribution in [0.3, 0.4) is 0 Å². The highest BCUT2D eigenvalue weighted by Crippen LogP contribution is 2.18. The van der Waals surface area contributed by atoms with Gasteiger partial charge in [0.25, 0.3) is 0 Å². The Kier molecular flexibility index (Phi) is 8.73. The van der Waals surface area contributed by atoms with E-state index in [9.17, 15) is 0 Å². The van der Waals surface area contributed by atoms with Crippen molar-refractivity contribution in [2.45, 2.75) is 50.8 Å². The van der Waals surface area contributed by atoms with Gasteiger partial charge in [0.2, 0.25) is 0 Å². The van der Waals surface area contributed by atoms with Crippen molar-refractivity contribution in [1.82, 2.24) is 5.32 Å². The first-order valence-electron chi connectivity index (χ1n) is 5.96. The maximum Gasteiger partial charge on any atom is 0.103 e. The molecule has 2 atom stereocenters. The largest absolute Gasteiger partial charge is 0.396 e. The molecule has 0 heterocycles. The van der Waals surface area contributed by atoms with Gasteiger partial charge in [-0.3, -0.25) is 5.32 Å². The number of thioether (sulfide) groups is 1. The van der Waals surface area contributed by atoms with Gasteiger partial charge in [-0.25, -0.2) is 0 Å². The van der Waals surface area contributed by atoms with Crippen molar-refractivity contribution in [3.05, 3.63) is 0 Å². The van der Waals surface area contributed by atoms with Gasteiger partial charge in [0.05, 0.1) is 6.07 Å². The zero-order chi connectivity index (χ0) is 12.4. The molecule has 4 heteroatoms. The zero-order valence-electron chi connectivity index (χ0n) is 10.6. The maximum atomic E-state index is 9.06. The van der Waals surface area contributed by atoms with Crippen LogP contribution in [0.2, 0.25) is 0 Å². The summed E-state index contributed by atoms with van der Waals surface area (Å²) in [5.41, 5.74) is -0.379. The first-order chi connectivity index (χ1) is 7.58. The third-order valence-electron chi connectivity index (χ3n) is 2.57. The van der Waals surface area contributed by atoms with Crippen LogP contribution in [0.5, 0.6) is 0 Å². The van der Waals surface area contributed by atoms with E-state index < -0.39 is 0 Å². The number of hydrogen-bond acceptors (Lipinski definition) is 4. The van der Waals surface area contributed by atoms with Crippen molar-refractivity contribution in [1.29, 1.82) is 5.26 Å². The Morgan fingerprint density at radius 3 is 2.75 bits per heavy atom. The molecule has 94 valence electrons. The molecule has 0 aromatic rings. The quantitative estimate of drug-likeness (QED) is 0.610. The zero-order valence-corrected chi connectivity index (χ0v) is 11.4. The summed E-state index contributed by atoms with van der Waals surface area (Å²) in [5.74, 6) is 1.06. The second-order valence-electron chi connectivity index (χ2n) is 4.27. The summed E-state index contributed by atoms with van der Waals surface area (Å²) in [6.07, 6.45) is 2.78. The van der Waals surface area contributed by atoms with E-state index in [2.05, 4.69) is 18.3 Å². The second kappa shape index (κ2) is 8.86. The Hall–Kier alpha value is -0.240. The fraction of sp³-hybridized carbons (Fsp3) is 0.917. The summed E-state index contributed by atoms with van der Waals surface area (Å²) in [4.78, 5) is 0. The molecule has 0 saturated carbocycles. The van der Waals surface area contributed by atoms with Crippen LogP contribution >= 0.6 is 11.8 Å². The SMILES string of the molecule is CCNC(C)(C#N)CCCSC(C)CCO. The Balaban J connectivity index is 3.68. The van der Waals surface area contributed by atoms with Crippen molar-refractivity contribution in [3.8, 4) is 6.07 Å². The van der Waals surface area contributed by atoms with Crippen LogP contribution < -0.4 is 5.32 Å². The summed E-state index contributed by atoms with van der Waals surface area (Å²) in [7, 11) is 0. The van der Waals surface area contributed by atoms with Gasteiger partial charge in [0, 0.05) is 11.9 Å². The molecule has 2 unspecified atom stereocenters. The molecule has 2 N–H and O–H groups in total. The van der Waals surface area contributed by atoms with Crippen molar-refractivity contribution in [2.75, 3.05) is 18.9 Å². The first kappa shape index (κ1) is 15.8. The van der Waals surface area contributed by atoms with Gasteiger partial charge in [-0.2, -0.15) is 17.0 Å². The van der Waals surface area contributed by atoms with Gasteiger partial charge >= 0.3 is 0 Å². The van der Waals surface area contributed by atoms with E-state index >= 15 is 0 Å². The average molecular weight is 244 g/mol. The topological polar surface area (TPSA) is 56.0 Å². The molecule has 3 nitrogen and oxygen atoms in total. The molecule has 0 aromatic carbocycles. The minimum atomic E-state index is -0.379. The molecule has 0 rings (SSSR count). The fourth-order valence-corrected chi connectivity index (χ4v) is 2.53. The molecular formula is C12H24N2OS. The predicted molar refractivity (Wildman–Crippen MR) is 70.6 cm³/mol. The summed E-state index contributed by atoms with van der Waals surface area (Å²) >= 11 is 1.87. The molecule has 0 aliphatic heterocycles. The Labute approximate surface area is 104 Å². The molecule has 0 radical (unpaired) electrons. The minimum Gasteiger partial charge on any atom is -0.396 e. The van der Waals surface area contributed by atoms with Crippen LogP contribution in [-0.4, -0.2) is 34.8 Å². The van der Waals surface area contributed by atoms with Crippen LogP contribution in [0.15, 0.2) is 0 Å². The monoisotopic (exact) mass is 244 g/mol. The van der Waals surface area contributed by atoms with E-state index in [4.69, 9.17) is 10.4 Å². The lowest BCUT2D eigenvalue weighted by Gasteiger charge is -2.22. The normalized spacial score (nSPS) is 16.4. The molecule has 0 bridgehead atoms. The van der Waals surface area contributed by atoms with E-state index in [1.165, 1.54) is 0 Å². The Morgan fingerprint density at radius 2 is 2.25 bits per heavy atom. The minimum absolute atomic E-state index is 0.265. The lowest BCUT2D eigenvalue weighted by Crippen LogP contribution is -2.40. The van der Waals surface area contributed by atoms with Crippen LogP contribution in [-0.2, 0) is 0 Å². The standard InChI is InChI=1S/C12H24N2OS/c1-4-14-12(3,10-13)7-5-9-16-11(2)6-8-15/h11,14-15H,4-9H2,1-3H3. The van der Waals surface area contributed by atoms with Gasteiger partial charge < -0.3 is 5.11 Å². The van der Waals surface area contributed by atoms with Crippen molar-refractivity contribution in [3.63, 3.8) is 0 Å². The van der Waals surface area contributed by atoms with Crippen molar-refractivity contribution < 1.29 is 5.11 Å². The molecular weight excluding hydrogens is 220 g/mol. The van der Waals surface area contributed by atoms with E-state index in [-0.39, 0.29) is 12.1 Å². The predicted octanol–water partition coefficient (Wildman–Crippen LogP) is 2.16. The summed E-state index contributed by atoms with van der Waals surface area (Å²) in [5, 5.41) is 21.5. The molecule has 0 fully saturated rings. The number of nitrogens with one attached hydrogen (secondary N) is 1. The molecule has 0 amide bonds. The third-order valence-corrected chi connectivity index (χ3v) is 3.90. The molecule has 0 aliphatic carbocycles. The van der Waals surface area contributed by atoms with Crippen molar-refractivity contribution >= 4 is 11.8 Å². The third kappa shape index (κ3) is 7.10. The van der Waals surface area contributed by atoms with E-state index in [0.29, 0.717) is 5.25 Å². The maximum absolute atomic E-state index is 9.06. The number of rotatable bonds is 9. The molecule has 0 saturated heterocycles. The summed E-state index contributed by atoms with van der Waals surface area (Å²) in [6, 6.07) is 2.33. The number of aliphatic hydroxyl groups is 1. The highest BCUT2D eigenvalue weighted by molar-refractivity contribution is 7.99. The highest BCUT2D eigenvalue weighted by atomic mass is 32.2. The van der Waals surface area contributed by atoms with Crippen molar-refractivity contribution in [2.24, 2.45) is 0 Å². The molecule has 16 heavy (non-hydrogen) atoms. The average Bonchev–Trinajstić information content (AvgIpc) is 2.25. The summed E-state index contributed by atoms with van der Waals surface area (Å²) in [6.45, 7) is 7.21. The van der Waals surface area contributed by atoms with Gasteiger partial charge in [-0.05, 0) is 38.5 Å². The fourth-order valence-electron chi connectivity index (χ4n) is 1.55. The van der Waals surface area contributed by atoms with E-state index in [1.807, 2.05) is 25.6 Å². The lowest BCUT2D eigenvalue weighted by atomic mass is 9.98. The van der Waals surface area contributed by atoms with Crippen LogP contribution in [0.1, 0.15) is 40.0 Å². The first-order valence-corrected chi connectivity index (χ1v) is 7.01. The molecule has 0 aromatic heterocycles. The Bertz CT molecular complexity index is 218. The number of hydrogen-bond donors (Lipinski definition) is 2. The number of nitriles is 1. The Morgan fingerprint density at radius 1 is 1.56 bits per heavy atom. The van der Waals surface area contributed by atoms with Gasteiger partial charge in [0.1, 0.15) is 5.54 Å².